The van der Waals surface area contributed by atoms with Crippen molar-refractivity contribution >= 4 is 5.97 Å². The van der Waals surface area contributed by atoms with Crippen molar-refractivity contribution in [3.63, 3.8) is 0 Å². The molecule has 0 N–H and O–H groups in total. The van der Waals surface area contributed by atoms with Gasteiger partial charge in [-0.2, -0.15) is 0 Å². The van der Waals surface area contributed by atoms with Crippen LogP contribution in [-0.2, 0) is 14.3 Å². The summed E-state index contributed by atoms with van der Waals surface area (Å²) in [4.78, 5) is 11.0. The summed E-state index contributed by atoms with van der Waals surface area (Å²) < 4.78 is 15.2. The van der Waals surface area contributed by atoms with Crippen LogP contribution in [0.15, 0.2) is 42.5 Å². The maximum atomic E-state index is 11.0. The second-order valence-corrected chi connectivity index (χ2v) is 3.40. The highest BCUT2D eigenvalue weighted by molar-refractivity contribution is 5.86. The van der Waals surface area contributed by atoms with Crippen LogP contribution < -0.4 is 4.74 Å². The first-order valence-corrected chi connectivity index (χ1v) is 5.28. The maximum absolute atomic E-state index is 11.0. The van der Waals surface area contributed by atoms with Crippen LogP contribution in [-0.4, -0.2) is 26.0 Å². The summed E-state index contributed by atoms with van der Waals surface area (Å²) in [7, 11) is 0. The van der Waals surface area contributed by atoms with Crippen molar-refractivity contribution in [2.75, 3.05) is 20.0 Å². The largest absolute Gasteiger partial charge is 0.491 e. The summed E-state index contributed by atoms with van der Waals surface area (Å²) in [6.07, 6.45) is 0. The average molecular weight is 236 g/mol. The van der Waals surface area contributed by atoms with E-state index in [1.807, 2.05) is 30.3 Å². The van der Waals surface area contributed by atoms with Gasteiger partial charge in [0.2, 0.25) is 0 Å². The summed E-state index contributed by atoms with van der Waals surface area (Å²) in [6.45, 7) is 5.73. The molecule has 0 amide bonds. The molecule has 0 atom stereocenters. The summed E-state index contributed by atoms with van der Waals surface area (Å²) >= 11 is 0. The van der Waals surface area contributed by atoms with Gasteiger partial charge in [0.25, 0.3) is 0 Å². The van der Waals surface area contributed by atoms with Gasteiger partial charge in [-0.25, -0.2) is 4.79 Å². The average Bonchev–Trinajstić information content (AvgIpc) is 2.34. The van der Waals surface area contributed by atoms with Crippen molar-refractivity contribution in [3.8, 4) is 5.75 Å². The van der Waals surface area contributed by atoms with Crippen molar-refractivity contribution < 1.29 is 19.0 Å². The number of hydrogen-bond donors (Lipinski definition) is 0. The Balaban J connectivity index is 2.02. The van der Waals surface area contributed by atoms with E-state index in [-0.39, 0.29) is 6.79 Å². The van der Waals surface area contributed by atoms with Crippen LogP contribution in [0.2, 0.25) is 0 Å². The summed E-state index contributed by atoms with van der Waals surface area (Å²) in [5.74, 6) is 0.337. The maximum Gasteiger partial charge on any atom is 0.335 e. The van der Waals surface area contributed by atoms with Crippen molar-refractivity contribution in [1.29, 1.82) is 0 Å². The molecule has 17 heavy (non-hydrogen) atoms. The van der Waals surface area contributed by atoms with Gasteiger partial charge in [0.05, 0.1) is 6.61 Å². The first-order valence-electron chi connectivity index (χ1n) is 5.28. The predicted octanol–water partition coefficient (Wildman–Crippen LogP) is 2.16. The van der Waals surface area contributed by atoms with Crippen molar-refractivity contribution in [3.05, 3.63) is 42.5 Å². The minimum Gasteiger partial charge on any atom is -0.491 e. The molecule has 0 aliphatic carbocycles. The minimum atomic E-state index is -0.450. The van der Waals surface area contributed by atoms with Crippen LogP contribution in [0.1, 0.15) is 6.92 Å². The fourth-order valence-electron chi connectivity index (χ4n) is 1.01. The van der Waals surface area contributed by atoms with Crippen molar-refractivity contribution in [1.82, 2.24) is 0 Å². The quantitative estimate of drug-likeness (QED) is 0.315. The molecule has 0 saturated carbocycles. The molecule has 0 heterocycles. The summed E-state index contributed by atoms with van der Waals surface area (Å²) in [5, 5.41) is 0. The highest BCUT2D eigenvalue weighted by atomic mass is 16.7. The zero-order valence-electron chi connectivity index (χ0n) is 9.85. The highest BCUT2D eigenvalue weighted by Gasteiger charge is 2.01. The van der Waals surface area contributed by atoms with Gasteiger partial charge in [-0.3, -0.25) is 0 Å². The molecule has 0 unspecified atom stereocenters. The zero-order valence-corrected chi connectivity index (χ0v) is 9.85. The Kier molecular flexibility index (Phi) is 5.82. The van der Waals surface area contributed by atoms with E-state index in [9.17, 15) is 4.79 Å². The number of esters is 1. The molecule has 1 rings (SSSR count). The molecule has 0 bridgehead atoms. The molecular formula is C13H16O4. The molecule has 0 fully saturated rings. The van der Waals surface area contributed by atoms with E-state index in [0.29, 0.717) is 18.8 Å². The third-order valence-electron chi connectivity index (χ3n) is 1.86. The number of carbonyl (C=O) groups is 1. The lowest BCUT2D eigenvalue weighted by molar-refractivity contribution is -0.151. The van der Waals surface area contributed by atoms with Gasteiger partial charge in [-0.15, -0.1) is 0 Å². The molecule has 4 nitrogen and oxygen atoms in total. The third kappa shape index (κ3) is 5.73. The fourth-order valence-corrected chi connectivity index (χ4v) is 1.01. The second kappa shape index (κ2) is 7.46. The first-order chi connectivity index (χ1) is 8.20. The lowest BCUT2D eigenvalue weighted by Crippen LogP contribution is -2.12. The molecule has 0 radical (unpaired) electrons. The molecule has 1 aromatic carbocycles. The lowest BCUT2D eigenvalue weighted by atomic mass is 10.3. The Morgan fingerprint density at radius 1 is 1.24 bits per heavy atom. The molecule has 1 aromatic rings. The number of para-hydroxylation sites is 1. The zero-order chi connectivity index (χ0) is 12.5. The Hall–Kier alpha value is -1.81. The van der Waals surface area contributed by atoms with Gasteiger partial charge in [-0.05, 0) is 19.1 Å². The number of carbonyl (C=O) groups excluding carboxylic acids is 1. The molecule has 0 aliphatic heterocycles. The van der Waals surface area contributed by atoms with E-state index in [1.165, 1.54) is 0 Å². The van der Waals surface area contributed by atoms with Crippen LogP contribution in [0.5, 0.6) is 5.75 Å². The van der Waals surface area contributed by atoms with Gasteiger partial charge < -0.3 is 14.2 Å². The Morgan fingerprint density at radius 2 is 1.94 bits per heavy atom. The smallest absolute Gasteiger partial charge is 0.335 e. The topological polar surface area (TPSA) is 44.8 Å². The van der Waals surface area contributed by atoms with E-state index >= 15 is 0 Å². The molecule has 0 aliphatic rings. The number of ether oxygens (including phenoxy) is 3. The Labute approximate surface area is 101 Å². The van der Waals surface area contributed by atoms with Crippen LogP contribution in [0, 0.1) is 0 Å². The SMILES string of the molecule is C=C(C)C(=O)OCOCCOc1ccccc1. The van der Waals surface area contributed by atoms with Gasteiger partial charge in [0, 0.05) is 5.57 Å². The van der Waals surface area contributed by atoms with Gasteiger partial charge in [0.15, 0.2) is 6.79 Å². The molecule has 0 aromatic heterocycles. The normalized spacial score (nSPS) is 9.71. The van der Waals surface area contributed by atoms with Crippen LogP contribution in [0.25, 0.3) is 0 Å². The molecule has 4 heteroatoms. The van der Waals surface area contributed by atoms with Crippen molar-refractivity contribution in [2.24, 2.45) is 0 Å². The molecule has 92 valence electrons. The lowest BCUT2D eigenvalue weighted by Gasteiger charge is -2.07. The third-order valence-corrected chi connectivity index (χ3v) is 1.86. The second-order valence-electron chi connectivity index (χ2n) is 3.40. The van der Waals surface area contributed by atoms with E-state index in [2.05, 4.69) is 6.58 Å². The number of hydrogen-bond acceptors (Lipinski definition) is 4. The molecule has 0 spiro atoms. The van der Waals surface area contributed by atoms with Gasteiger partial charge in [-0.1, -0.05) is 24.8 Å². The number of benzene rings is 1. The van der Waals surface area contributed by atoms with Crippen LogP contribution >= 0.6 is 0 Å². The van der Waals surface area contributed by atoms with Crippen molar-refractivity contribution in [2.45, 2.75) is 6.92 Å². The summed E-state index contributed by atoms with van der Waals surface area (Å²) in [5.41, 5.74) is 0.356. The van der Waals surface area contributed by atoms with Gasteiger partial charge in [0.1, 0.15) is 12.4 Å². The Morgan fingerprint density at radius 3 is 2.59 bits per heavy atom. The predicted molar refractivity (Wildman–Crippen MR) is 63.7 cm³/mol. The standard InChI is InChI=1S/C13H16O4/c1-11(2)13(14)17-10-15-8-9-16-12-6-4-3-5-7-12/h3-7H,1,8-10H2,2H3. The van der Waals surface area contributed by atoms with Crippen LogP contribution in [0.4, 0.5) is 0 Å². The molecular weight excluding hydrogens is 220 g/mol. The van der Waals surface area contributed by atoms with Crippen LogP contribution in [0.3, 0.4) is 0 Å². The van der Waals surface area contributed by atoms with E-state index in [1.54, 1.807) is 6.92 Å². The fraction of sp³-hybridized carbons (Fsp3) is 0.308. The first kappa shape index (κ1) is 13.3. The van der Waals surface area contributed by atoms with Gasteiger partial charge >= 0.3 is 5.97 Å². The van der Waals surface area contributed by atoms with E-state index in [4.69, 9.17) is 14.2 Å². The summed E-state index contributed by atoms with van der Waals surface area (Å²) in [6, 6.07) is 9.43. The number of rotatable bonds is 7. The highest BCUT2D eigenvalue weighted by Crippen LogP contribution is 2.07. The van der Waals surface area contributed by atoms with E-state index < -0.39 is 5.97 Å². The molecule has 0 saturated heterocycles. The minimum absolute atomic E-state index is 0.0795. The van der Waals surface area contributed by atoms with E-state index in [0.717, 1.165) is 5.75 Å². The Bertz CT molecular complexity index is 359. The monoisotopic (exact) mass is 236 g/mol.